The Morgan fingerprint density at radius 3 is 2.21 bits per heavy atom. The molecule has 7 N–H and O–H groups in total. The topological polar surface area (TPSA) is 207 Å². The molecule has 0 aliphatic carbocycles. The fourth-order valence-corrected chi connectivity index (χ4v) is 3.44. The van der Waals surface area contributed by atoms with Crippen LogP contribution in [-0.4, -0.2) is 72.4 Å². The number of aliphatic hydroxyl groups excluding tert-OH is 3. The van der Waals surface area contributed by atoms with E-state index in [-0.39, 0.29) is 22.7 Å². The molecule has 12 heteroatoms. The fourth-order valence-electron chi connectivity index (χ4n) is 3.44. The zero-order valence-electron chi connectivity index (χ0n) is 16.5. The molecule has 1 saturated heterocycles. The first kappa shape index (κ1) is 22.4. The summed E-state index contributed by atoms with van der Waals surface area (Å²) < 4.78 is 16.2. The highest BCUT2D eigenvalue weighted by molar-refractivity contribution is 5.88. The number of aliphatic carboxylic acids is 1. The van der Waals surface area contributed by atoms with Crippen LogP contribution in [0.4, 0.5) is 0 Å². The molecule has 0 bridgehead atoms. The van der Waals surface area contributed by atoms with Crippen LogP contribution < -0.4 is 10.2 Å². The molecule has 1 aromatic heterocycles. The Morgan fingerprint density at radius 1 is 0.909 bits per heavy atom. The number of carboxylic acids is 1. The lowest BCUT2D eigenvalue weighted by Gasteiger charge is -2.38. The maximum Gasteiger partial charge on any atom is 0.335 e. The second-order valence-corrected chi connectivity index (χ2v) is 7.33. The summed E-state index contributed by atoms with van der Waals surface area (Å²) in [6.45, 7) is 0. The predicted molar refractivity (Wildman–Crippen MR) is 108 cm³/mol. The van der Waals surface area contributed by atoms with Crippen molar-refractivity contribution in [2.75, 3.05) is 0 Å². The number of hydrogen-bond acceptors (Lipinski definition) is 11. The first-order valence-corrected chi connectivity index (χ1v) is 9.49. The van der Waals surface area contributed by atoms with E-state index in [9.17, 15) is 45.3 Å². The minimum Gasteiger partial charge on any atom is -0.508 e. The summed E-state index contributed by atoms with van der Waals surface area (Å²) in [5.41, 5.74) is -1.01. The number of aromatic hydroxyl groups is 3. The van der Waals surface area contributed by atoms with Crippen molar-refractivity contribution < 1.29 is 54.4 Å². The van der Waals surface area contributed by atoms with Gasteiger partial charge >= 0.3 is 5.97 Å². The number of phenolic OH excluding ortho intramolecular Hbond substituents is 3. The second-order valence-electron chi connectivity index (χ2n) is 7.33. The van der Waals surface area contributed by atoms with Gasteiger partial charge in [-0.1, -0.05) is 0 Å². The van der Waals surface area contributed by atoms with Gasteiger partial charge in [-0.2, -0.15) is 0 Å². The molecule has 3 aromatic rings. The quantitative estimate of drug-likeness (QED) is 0.270. The molecule has 0 amide bonds. The van der Waals surface area contributed by atoms with E-state index in [1.807, 2.05) is 0 Å². The van der Waals surface area contributed by atoms with Gasteiger partial charge < -0.3 is 49.6 Å². The fraction of sp³-hybridized carbons (Fsp3) is 0.238. The van der Waals surface area contributed by atoms with Crippen LogP contribution in [0.15, 0.2) is 45.6 Å². The largest absolute Gasteiger partial charge is 0.508 e. The maximum atomic E-state index is 13.2. The van der Waals surface area contributed by atoms with E-state index in [1.54, 1.807) is 0 Å². The van der Waals surface area contributed by atoms with E-state index in [0.717, 1.165) is 12.1 Å². The Labute approximate surface area is 183 Å². The van der Waals surface area contributed by atoms with Gasteiger partial charge in [0.05, 0.1) is 0 Å². The van der Waals surface area contributed by atoms with Gasteiger partial charge in [-0.05, 0) is 24.3 Å². The number of fused-ring (bicyclic) bond motifs is 1. The molecule has 0 unspecified atom stereocenters. The summed E-state index contributed by atoms with van der Waals surface area (Å²) in [6, 6.07) is 7.20. The zero-order valence-corrected chi connectivity index (χ0v) is 16.5. The molecule has 12 nitrogen and oxygen atoms in total. The number of aliphatic hydroxyl groups is 3. The van der Waals surface area contributed by atoms with Crippen LogP contribution in [-0.2, 0) is 9.53 Å². The number of carbonyl (C=O) groups is 1. The smallest absolute Gasteiger partial charge is 0.335 e. The summed E-state index contributed by atoms with van der Waals surface area (Å²) in [7, 11) is 0. The number of ether oxygens (including phenoxy) is 2. The summed E-state index contributed by atoms with van der Waals surface area (Å²) in [5, 5.41) is 68.4. The first-order valence-electron chi connectivity index (χ1n) is 9.49. The summed E-state index contributed by atoms with van der Waals surface area (Å²) in [4.78, 5) is 24.6. The molecular weight excluding hydrogens is 444 g/mol. The van der Waals surface area contributed by atoms with Crippen molar-refractivity contribution in [3.05, 3.63) is 46.6 Å². The Bertz CT molecular complexity index is 1260. The Kier molecular flexibility index (Phi) is 5.59. The minimum absolute atomic E-state index is 0.105. The Balaban J connectivity index is 1.89. The summed E-state index contributed by atoms with van der Waals surface area (Å²) >= 11 is 0. The van der Waals surface area contributed by atoms with E-state index in [0.29, 0.717) is 0 Å². The molecule has 1 aliphatic heterocycles. The third-order valence-electron chi connectivity index (χ3n) is 5.09. The average molecular weight is 462 g/mol. The number of rotatable bonds is 4. The molecule has 174 valence electrons. The summed E-state index contributed by atoms with van der Waals surface area (Å²) in [6.07, 6.45) is -9.84. The lowest BCUT2D eigenvalue weighted by atomic mass is 9.99. The highest BCUT2D eigenvalue weighted by Crippen LogP contribution is 2.37. The van der Waals surface area contributed by atoms with Gasteiger partial charge in [0.2, 0.25) is 17.5 Å². The van der Waals surface area contributed by atoms with Crippen molar-refractivity contribution in [3.63, 3.8) is 0 Å². The van der Waals surface area contributed by atoms with Crippen molar-refractivity contribution in [1.29, 1.82) is 0 Å². The molecule has 0 spiro atoms. The standard InChI is InChI=1S/C21H18O12/c22-8-3-1-7(2-4-8)17-18(13(25)12-10(24)5-9(23)6-11(12)31-17)32-21-16(28)14(26)15(27)19(33-21)20(29)30/h1-6,14-16,19,21-24,26-28H,(H,29,30)/t14-,15+,16+,19-,21+/m0/s1. The van der Waals surface area contributed by atoms with Gasteiger partial charge in [-0.25, -0.2) is 4.79 Å². The Hall–Kier alpha value is -3.84. The number of hydrogen-bond donors (Lipinski definition) is 7. The van der Waals surface area contributed by atoms with Crippen molar-refractivity contribution in [3.8, 4) is 34.3 Å². The molecule has 0 saturated carbocycles. The van der Waals surface area contributed by atoms with Crippen LogP contribution in [0.5, 0.6) is 23.0 Å². The van der Waals surface area contributed by atoms with E-state index >= 15 is 0 Å². The van der Waals surface area contributed by atoms with Crippen LogP contribution in [0.25, 0.3) is 22.3 Å². The summed E-state index contributed by atoms with van der Waals surface area (Å²) in [5.74, 6) is -3.72. The van der Waals surface area contributed by atoms with E-state index in [4.69, 9.17) is 13.9 Å². The maximum absolute atomic E-state index is 13.2. The lowest BCUT2D eigenvalue weighted by molar-refractivity contribution is -0.271. The third-order valence-corrected chi connectivity index (χ3v) is 5.09. The third kappa shape index (κ3) is 3.91. The van der Waals surface area contributed by atoms with Crippen LogP contribution >= 0.6 is 0 Å². The van der Waals surface area contributed by atoms with E-state index < -0.39 is 64.7 Å². The van der Waals surface area contributed by atoms with Crippen molar-refractivity contribution in [1.82, 2.24) is 0 Å². The SMILES string of the molecule is O=C(O)[C@H]1O[C@@H](Oc2c(-c3ccc(O)cc3)oc3cc(O)cc(O)c3c2=O)[C@H](O)[C@@H](O)[C@H]1O. The van der Waals surface area contributed by atoms with Gasteiger partial charge in [0, 0.05) is 17.7 Å². The van der Waals surface area contributed by atoms with Crippen molar-refractivity contribution >= 4 is 16.9 Å². The molecule has 2 aromatic carbocycles. The van der Waals surface area contributed by atoms with Gasteiger partial charge in [0.25, 0.3) is 0 Å². The lowest BCUT2D eigenvalue weighted by Crippen LogP contribution is -2.61. The monoisotopic (exact) mass is 462 g/mol. The Morgan fingerprint density at radius 2 is 1.58 bits per heavy atom. The molecule has 2 heterocycles. The molecule has 1 aliphatic rings. The van der Waals surface area contributed by atoms with Crippen molar-refractivity contribution in [2.24, 2.45) is 0 Å². The normalized spacial score (nSPS) is 25.1. The molecule has 0 radical (unpaired) electrons. The van der Waals surface area contributed by atoms with Gasteiger partial charge in [-0.15, -0.1) is 0 Å². The average Bonchev–Trinajstić information content (AvgIpc) is 2.75. The van der Waals surface area contributed by atoms with E-state index in [1.165, 1.54) is 24.3 Å². The van der Waals surface area contributed by atoms with Crippen molar-refractivity contribution in [2.45, 2.75) is 30.7 Å². The second kappa shape index (κ2) is 8.26. The molecule has 33 heavy (non-hydrogen) atoms. The van der Waals surface area contributed by atoms with Crippen LogP contribution in [0.2, 0.25) is 0 Å². The van der Waals surface area contributed by atoms with Crippen LogP contribution in [0.1, 0.15) is 0 Å². The van der Waals surface area contributed by atoms with Gasteiger partial charge in [0.15, 0.2) is 11.9 Å². The van der Waals surface area contributed by atoms with Gasteiger partial charge in [-0.3, -0.25) is 4.79 Å². The molecule has 5 atom stereocenters. The molecule has 4 rings (SSSR count). The van der Waals surface area contributed by atoms with Gasteiger partial charge in [0.1, 0.15) is 46.5 Å². The molecule has 1 fully saturated rings. The number of carboxylic acid groups (broad SMARTS) is 1. The number of phenols is 3. The van der Waals surface area contributed by atoms with E-state index in [2.05, 4.69) is 0 Å². The molecular formula is C21H18O12. The highest BCUT2D eigenvalue weighted by atomic mass is 16.7. The predicted octanol–water partition coefficient (Wildman–Crippen LogP) is -0.152. The number of benzene rings is 2. The highest BCUT2D eigenvalue weighted by Gasteiger charge is 2.48. The first-order chi connectivity index (χ1) is 15.6. The van der Waals surface area contributed by atoms with Crippen LogP contribution in [0, 0.1) is 0 Å². The minimum atomic E-state index is -1.99. The van der Waals surface area contributed by atoms with Crippen LogP contribution in [0.3, 0.4) is 0 Å². The zero-order chi connectivity index (χ0) is 24.0.